The van der Waals surface area contributed by atoms with Gasteiger partial charge in [-0.2, -0.15) is 0 Å². The molecular formula is C9H10N2O3. The fraction of sp³-hybridized carbons (Fsp3) is 0.333. The van der Waals surface area contributed by atoms with Gasteiger partial charge in [0, 0.05) is 18.2 Å². The first kappa shape index (κ1) is 8.80. The van der Waals surface area contributed by atoms with E-state index >= 15 is 0 Å². The second kappa shape index (κ2) is 3.17. The number of hydrogen-bond donors (Lipinski definition) is 1. The molecule has 0 radical (unpaired) electrons. The van der Waals surface area contributed by atoms with Gasteiger partial charge >= 0.3 is 5.69 Å². The number of H-pyrrole nitrogens is 1. The van der Waals surface area contributed by atoms with E-state index in [-0.39, 0.29) is 11.8 Å². The SMILES string of the molecule is Cc1cn(C2CC=CO2)c(=O)[nH]c1=O. The van der Waals surface area contributed by atoms with Crippen LogP contribution in [0.1, 0.15) is 18.2 Å². The van der Waals surface area contributed by atoms with Gasteiger partial charge in [0.05, 0.1) is 6.26 Å². The zero-order valence-electron chi connectivity index (χ0n) is 7.69. The number of aromatic nitrogens is 2. The van der Waals surface area contributed by atoms with Crippen LogP contribution in [0.3, 0.4) is 0 Å². The van der Waals surface area contributed by atoms with Gasteiger partial charge in [0.25, 0.3) is 5.56 Å². The molecule has 0 fully saturated rings. The molecule has 0 aromatic carbocycles. The average Bonchev–Trinajstić information content (AvgIpc) is 2.64. The molecule has 1 aromatic rings. The summed E-state index contributed by atoms with van der Waals surface area (Å²) >= 11 is 0. The molecule has 0 spiro atoms. The second-order valence-corrected chi connectivity index (χ2v) is 3.18. The van der Waals surface area contributed by atoms with E-state index in [1.54, 1.807) is 13.2 Å². The molecule has 2 rings (SSSR count). The summed E-state index contributed by atoms with van der Waals surface area (Å²) in [5.41, 5.74) is -0.286. The first-order valence-electron chi connectivity index (χ1n) is 4.31. The molecule has 14 heavy (non-hydrogen) atoms. The van der Waals surface area contributed by atoms with E-state index in [0.29, 0.717) is 12.0 Å². The molecule has 1 aliphatic heterocycles. The van der Waals surface area contributed by atoms with Crippen molar-refractivity contribution in [2.45, 2.75) is 19.6 Å². The molecule has 1 atom stereocenters. The lowest BCUT2D eigenvalue weighted by molar-refractivity contribution is 0.0995. The molecule has 0 aliphatic carbocycles. The number of aryl methyl sites for hydroxylation is 1. The van der Waals surface area contributed by atoms with E-state index < -0.39 is 5.69 Å². The average molecular weight is 194 g/mol. The fourth-order valence-corrected chi connectivity index (χ4v) is 1.35. The van der Waals surface area contributed by atoms with Crippen LogP contribution in [0, 0.1) is 6.92 Å². The molecule has 0 saturated heterocycles. The fourth-order valence-electron chi connectivity index (χ4n) is 1.35. The molecule has 0 amide bonds. The van der Waals surface area contributed by atoms with Crippen molar-refractivity contribution in [3.05, 3.63) is 44.9 Å². The Hall–Kier alpha value is -1.78. The van der Waals surface area contributed by atoms with E-state index in [1.807, 2.05) is 6.08 Å². The van der Waals surface area contributed by atoms with E-state index in [1.165, 1.54) is 10.8 Å². The molecule has 1 aromatic heterocycles. The highest BCUT2D eigenvalue weighted by atomic mass is 16.5. The van der Waals surface area contributed by atoms with Crippen molar-refractivity contribution in [2.75, 3.05) is 0 Å². The molecule has 0 bridgehead atoms. The van der Waals surface area contributed by atoms with Crippen LogP contribution < -0.4 is 11.2 Å². The lowest BCUT2D eigenvalue weighted by Crippen LogP contribution is -2.33. The first-order chi connectivity index (χ1) is 6.68. The van der Waals surface area contributed by atoms with E-state index in [9.17, 15) is 9.59 Å². The third-order valence-electron chi connectivity index (χ3n) is 2.13. The van der Waals surface area contributed by atoms with Crippen LogP contribution in [0.5, 0.6) is 0 Å². The maximum absolute atomic E-state index is 11.4. The van der Waals surface area contributed by atoms with Gasteiger partial charge in [0.15, 0.2) is 6.23 Å². The Morgan fingerprint density at radius 3 is 3.00 bits per heavy atom. The quantitative estimate of drug-likeness (QED) is 0.698. The zero-order valence-corrected chi connectivity index (χ0v) is 7.69. The molecule has 5 nitrogen and oxygen atoms in total. The Morgan fingerprint density at radius 1 is 1.57 bits per heavy atom. The Balaban J connectivity index is 2.48. The number of nitrogens with one attached hydrogen (secondary N) is 1. The lowest BCUT2D eigenvalue weighted by Gasteiger charge is -2.13. The van der Waals surface area contributed by atoms with Gasteiger partial charge in [0.2, 0.25) is 0 Å². The molecule has 1 N–H and O–H groups in total. The monoisotopic (exact) mass is 194 g/mol. The topological polar surface area (TPSA) is 64.1 Å². The van der Waals surface area contributed by atoms with Crippen LogP contribution in [-0.4, -0.2) is 9.55 Å². The van der Waals surface area contributed by atoms with Gasteiger partial charge in [-0.15, -0.1) is 0 Å². The normalized spacial score (nSPS) is 19.6. The minimum absolute atomic E-state index is 0.321. The minimum atomic E-state index is -0.436. The maximum Gasteiger partial charge on any atom is 0.331 e. The highest BCUT2D eigenvalue weighted by Gasteiger charge is 2.15. The Kier molecular flexibility index (Phi) is 1.99. The molecule has 1 unspecified atom stereocenters. The van der Waals surface area contributed by atoms with Crippen LogP contribution in [-0.2, 0) is 4.74 Å². The first-order valence-corrected chi connectivity index (χ1v) is 4.31. The third-order valence-corrected chi connectivity index (χ3v) is 2.13. The van der Waals surface area contributed by atoms with Crippen molar-refractivity contribution in [3.8, 4) is 0 Å². The Labute approximate surface area is 79.6 Å². The highest BCUT2D eigenvalue weighted by Crippen LogP contribution is 2.17. The summed E-state index contributed by atoms with van der Waals surface area (Å²) in [5, 5.41) is 0. The molecule has 2 heterocycles. The van der Waals surface area contributed by atoms with Gasteiger partial charge < -0.3 is 4.74 Å². The second-order valence-electron chi connectivity index (χ2n) is 3.18. The summed E-state index contributed by atoms with van der Waals surface area (Å²) in [6, 6.07) is 0. The standard InChI is InChI=1S/C9H10N2O3/c1-6-5-11(7-3-2-4-14-7)9(13)10-8(6)12/h2,4-5,7H,3H2,1H3,(H,10,12,13). The molecule has 0 saturated carbocycles. The predicted molar refractivity (Wildman–Crippen MR) is 49.9 cm³/mol. The van der Waals surface area contributed by atoms with Crippen molar-refractivity contribution >= 4 is 0 Å². The van der Waals surface area contributed by atoms with Crippen molar-refractivity contribution in [1.29, 1.82) is 0 Å². The van der Waals surface area contributed by atoms with E-state index in [0.717, 1.165) is 0 Å². The van der Waals surface area contributed by atoms with E-state index in [2.05, 4.69) is 4.98 Å². The summed E-state index contributed by atoms with van der Waals surface area (Å²) in [5.74, 6) is 0. The largest absolute Gasteiger partial charge is 0.478 e. The third kappa shape index (κ3) is 1.37. The molecule has 5 heteroatoms. The van der Waals surface area contributed by atoms with Gasteiger partial charge in [-0.3, -0.25) is 14.3 Å². The van der Waals surface area contributed by atoms with Crippen molar-refractivity contribution in [1.82, 2.24) is 9.55 Å². The van der Waals surface area contributed by atoms with Gasteiger partial charge in [-0.05, 0) is 13.0 Å². The van der Waals surface area contributed by atoms with Crippen molar-refractivity contribution in [2.24, 2.45) is 0 Å². The van der Waals surface area contributed by atoms with Gasteiger partial charge in [-0.1, -0.05) is 0 Å². The number of hydrogen-bond acceptors (Lipinski definition) is 3. The Morgan fingerprint density at radius 2 is 2.36 bits per heavy atom. The molecule has 74 valence electrons. The summed E-state index contributed by atoms with van der Waals surface area (Å²) in [4.78, 5) is 24.7. The minimum Gasteiger partial charge on any atom is -0.478 e. The predicted octanol–water partition coefficient (Wildman–Crippen LogP) is 0.278. The van der Waals surface area contributed by atoms with Gasteiger partial charge in [-0.25, -0.2) is 4.79 Å². The van der Waals surface area contributed by atoms with Crippen LogP contribution >= 0.6 is 0 Å². The van der Waals surface area contributed by atoms with Crippen LogP contribution in [0.15, 0.2) is 28.1 Å². The number of aromatic amines is 1. The summed E-state index contributed by atoms with van der Waals surface area (Å²) in [6.07, 6.45) is 5.22. The maximum atomic E-state index is 11.4. The lowest BCUT2D eigenvalue weighted by atomic mass is 10.3. The zero-order chi connectivity index (χ0) is 10.1. The molecule has 1 aliphatic rings. The van der Waals surface area contributed by atoms with Gasteiger partial charge in [0.1, 0.15) is 0 Å². The van der Waals surface area contributed by atoms with Crippen LogP contribution in [0.25, 0.3) is 0 Å². The van der Waals surface area contributed by atoms with Crippen molar-refractivity contribution < 1.29 is 4.74 Å². The van der Waals surface area contributed by atoms with Crippen LogP contribution in [0.4, 0.5) is 0 Å². The Bertz CT molecular complexity index is 476. The van der Waals surface area contributed by atoms with Crippen LogP contribution in [0.2, 0.25) is 0 Å². The summed E-state index contributed by atoms with van der Waals surface area (Å²) in [7, 11) is 0. The number of nitrogens with zero attached hydrogens (tertiary/aromatic N) is 1. The number of rotatable bonds is 1. The summed E-state index contributed by atoms with van der Waals surface area (Å²) < 4.78 is 6.56. The smallest absolute Gasteiger partial charge is 0.331 e. The highest BCUT2D eigenvalue weighted by molar-refractivity contribution is 5.02. The van der Waals surface area contributed by atoms with E-state index in [4.69, 9.17) is 4.74 Å². The van der Waals surface area contributed by atoms with Crippen molar-refractivity contribution in [3.63, 3.8) is 0 Å². The summed E-state index contributed by atoms with van der Waals surface area (Å²) in [6.45, 7) is 1.65. The number of ether oxygens (including phenoxy) is 1. The molecular weight excluding hydrogens is 184 g/mol.